The Hall–Kier alpha value is -2.08. The van der Waals surface area contributed by atoms with E-state index in [0.29, 0.717) is 19.6 Å². The van der Waals surface area contributed by atoms with Crippen LogP contribution in [0.2, 0.25) is 0 Å². The lowest BCUT2D eigenvalue weighted by molar-refractivity contribution is -0.126. The van der Waals surface area contributed by atoms with Crippen LogP contribution in [0.15, 0.2) is 24.3 Å². The molecule has 1 atom stereocenters. The topological polar surface area (TPSA) is 64.7 Å². The van der Waals surface area contributed by atoms with Crippen LogP contribution in [0.4, 0.5) is 4.79 Å². The quantitative estimate of drug-likeness (QED) is 0.871. The number of fused-ring (bicyclic) bond motifs is 1. The van der Waals surface area contributed by atoms with Gasteiger partial charge in [0.15, 0.2) is 0 Å². The molecule has 2 aliphatic heterocycles. The summed E-state index contributed by atoms with van der Waals surface area (Å²) in [6.45, 7) is 2.87. The van der Waals surface area contributed by atoms with E-state index in [9.17, 15) is 9.59 Å². The molecule has 2 N–H and O–H groups in total. The molecular weight excluding hydrogens is 316 g/mol. The summed E-state index contributed by atoms with van der Waals surface area (Å²) in [4.78, 5) is 27.9. The molecule has 0 bridgehead atoms. The zero-order chi connectivity index (χ0) is 17.8. The standard InChI is InChI=1S/C19H28N4O2/c1-22(2)19(25)23-11-8-15(9-12-23)18(24)21-13-17-16-6-4-3-5-14(16)7-10-20-17/h3-6,15,17,20H,7-13H2,1-2H3,(H,21,24). The predicted octanol–water partition coefficient (Wildman–Crippen LogP) is 1.38. The molecule has 0 aliphatic carbocycles. The molecule has 25 heavy (non-hydrogen) atoms. The van der Waals surface area contributed by atoms with Crippen molar-refractivity contribution in [2.45, 2.75) is 25.3 Å². The summed E-state index contributed by atoms with van der Waals surface area (Å²) in [5.74, 6) is 0.117. The fraction of sp³-hybridized carbons (Fsp3) is 0.579. The van der Waals surface area contributed by atoms with Crippen LogP contribution in [-0.2, 0) is 11.2 Å². The van der Waals surface area contributed by atoms with Crippen LogP contribution < -0.4 is 10.6 Å². The highest BCUT2D eigenvalue weighted by Crippen LogP contribution is 2.23. The van der Waals surface area contributed by atoms with Gasteiger partial charge in [0.2, 0.25) is 5.91 Å². The summed E-state index contributed by atoms with van der Waals surface area (Å²) in [6.07, 6.45) is 2.51. The maximum atomic E-state index is 12.5. The first kappa shape index (κ1) is 17.7. The summed E-state index contributed by atoms with van der Waals surface area (Å²) in [7, 11) is 3.52. The molecule has 6 nitrogen and oxygen atoms in total. The zero-order valence-electron chi connectivity index (χ0n) is 15.1. The van der Waals surface area contributed by atoms with Crippen molar-refractivity contribution in [3.05, 3.63) is 35.4 Å². The van der Waals surface area contributed by atoms with Crippen molar-refractivity contribution in [2.24, 2.45) is 5.92 Å². The molecule has 2 heterocycles. The van der Waals surface area contributed by atoms with Crippen LogP contribution in [0, 0.1) is 5.92 Å². The summed E-state index contributed by atoms with van der Waals surface area (Å²) < 4.78 is 0. The Kier molecular flexibility index (Phi) is 5.58. The van der Waals surface area contributed by atoms with Gasteiger partial charge in [0.1, 0.15) is 0 Å². The second-order valence-corrected chi connectivity index (χ2v) is 7.14. The van der Waals surface area contributed by atoms with Gasteiger partial charge in [-0.1, -0.05) is 24.3 Å². The summed E-state index contributed by atoms with van der Waals surface area (Å²) in [5.41, 5.74) is 2.66. The molecule has 1 unspecified atom stereocenters. The Balaban J connectivity index is 1.49. The maximum Gasteiger partial charge on any atom is 0.319 e. The highest BCUT2D eigenvalue weighted by atomic mass is 16.2. The van der Waals surface area contributed by atoms with Crippen LogP contribution in [0.3, 0.4) is 0 Å². The van der Waals surface area contributed by atoms with Crippen LogP contribution in [0.5, 0.6) is 0 Å². The highest BCUT2D eigenvalue weighted by molar-refractivity contribution is 5.79. The normalized spacial score (nSPS) is 20.7. The van der Waals surface area contributed by atoms with E-state index in [4.69, 9.17) is 0 Å². The van der Waals surface area contributed by atoms with Gasteiger partial charge >= 0.3 is 6.03 Å². The number of carbonyl (C=O) groups is 2. The van der Waals surface area contributed by atoms with Crippen LogP contribution in [0.1, 0.15) is 30.0 Å². The Morgan fingerprint density at radius 2 is 1.96 bits per heavy atom. The molecule has 3 amide bonds. The predicted molar refractivity (Wildman–Crippen MR) is 97.3 cm³/mol. The molecule has 1 fully saturated rings. The van der Waals surface area contributed by atoms with E-state index in [1.165, 1.54) is 11.1 Å². The zero-order valence-corrected chi connectivity index (χ0v) is 15.1. The summed E-state index contributed by atoms with van der Waals surface area (Å²) in [5, 5.41) is 6.61. The molecule has 0 aromatic heterocycles. The SMILES string of the molecule is CN(C)C(=O)N1CCC(C(=O)NCC2NCCc3ccccc32)CC1. The minimum atomic E-state index is 0.00467. The summed E-state index contributed by atoms with van der Waals surface area (Å²) >= 11 is 0. The van der Waals surface area contributed by atoms with Crippen molar-refractivity contribution in [2.75, 3.05) is 40.3 Å². The van der Waals surface area contributed by atoms with E-state index in [2.05, 4.69) is 34.9 Å². The molecule has 136 valence electrons. The number of benzene rings is 1. The van der Waals surface area contributed by atoms with Gasteiger partial charge in [-0.15, -0.1) is 0 Å². The average Bonchev–Trinajstić information content (AvgIpc) is 2.65. The lowest BCUT2D eigenvalue weighted by Crippen LogP contribution is -2.47. The van der Waals surface area contributed by atoms with Gasteiger partial charge in [-0.05, 0) is 36.9 Å². The number of piperidine rings is 1. The van der Waals surface area contributed by atoms with E-state index in [-0.39, 0.29) is 23.9 Å². The Bertz CT molecular complexity index is 624. The molecule has 1 aromatic rings. The number of carbonyl (C=O) groups excluding carboxylic acids is 2. The number of amides is 3. The molecule has 1 saturated heterocycles. The van der Waals surface area contributed by atoms with E-state index in [1.807, 2.05) is 4.90 Å². The third-order valence-electron chi connectivity index (χ3n) is 5.21. The van der Waals surface area contributed by atoms with Crippen LogP contribution >= 0.6 is 0 Å². The van der Waals surface area contributed by atoms with E-state index < -0.39 is 0 Å². The van der Waals surface area contributed by atoms with E-state index in [1.54, 1.807) is 19.0 Å². The highest BCUT2D eigenvalue weighted by Gasteiger charge is 2.28. The Morgan fingerprint density at radius 1 is 1.24 bits per heavy atom. The first-order valence-corrected chi connectivity index (χ1v) is 9.11. The summed E-state index contributed by atoms with van der Waals surface area (Å²) in [6, 6.07) is 8.65. The molecule has 6 heteroatoms. The van der Waals surface area contributed by atoms with Crippen molar-refractivity contribution in [1.82, 2.24) is 20.4 Å². The molecule has 0 spiro atoms. The molecule has 1 aromatic carbocycles. The first-order chi connectivity index (χ1) is 12.1. The monoisotopic (exact) mass is 344 g/mol. The Labute approximate surface area is 149 Å². The largest absolute Gasteiger partial charge is 0.354 e. The Morgan fingerprint density at radius 3 is 2.68 bits per heavy atom. The smallest absolute Gasteiger partial charge is 0.319 e. The molecule has 0 radical (unpaired) electrons. The first-order valence-electron chi connectivity index (χ1n) is 9.11. The van der Waals surface area contributed by atoms with Crippen molar-refractivity contribution in [3.63, 3.8) is 0 Å². The third kappa shape index (κ3) is 4.12. The van der Waals surface area contributed by atoms with Crippen LogP contribution in [0.25, 0.3) is 0 Å². The minimum Gasteiger partial charge on any atom is -0.354 e. The molecule has 0 saturated carbocycles. The maximum absolute atomic E-state index is 12.5. The second-order valence-electron chi connectivity index (χ2n) is 7.14. The second kappa shape index (κ2) is 7.87. The number of hydrogen-bond acceptors (Lipinski definition) is 3. The molecular formula is C19H28N4O2. The number of urea groups is 1. The number of nitrogens with zero attached hydrogens (tertiary/aromatic N) is 2. The fourth-order valence-electron chi connectivity index (χ4n) is 3.74. The van der Waals surface area contributed by atoms with Crippen molar-refractivity contribution in [3.8, 4) is 0 Å². The minimum absolute atomic E-state index is 0.00467. The van der Waals surface area contributed by atoms with Gasteiger partial charge in [0, 0.05) is 45.7 Å². The third-order valence-corrected chi connectivity index (χ3v) is 5.21. The van der Waals surface area contributed by atoms with Gasteiger partial charge in [-0.25, -0.2) is 4.79 Å². The lowest BCUT2D eigenvalue weighted by Gasteiger charge is -2.33. The van der Waals surface area contributed by atoms with Crippen molar-refractivity contribution in [1.29, 1.82) is 0 Å². The van der Waals surface area contributed by atoms with Crippen molar-refractivity contribution >= 4 is 11.9 Å². The van der Waals surface area contributed by atoms with Gasteiger partial charge in [0.25, 0.3) is 0 Å². The van der Waals surface area contributed by atoms with Gasteiger partial charge < -0.3 is 20.4 Å². The van der Waals surface area contributed by atoms with E-state index in [0.717, 1.165) is 25.8 Å². The lowest BCUT2D eigenvalue weighted by atomic mass is 9.93. The molecule has 3 rings (SSSR count). The average molecular weight is 344 g/mol. The fourth-order valence-corrected chi connectivity index (χ4v) is 3.74. The van der Waals surface area contributed by atoms with Gasteiger partial charge in [-0.3, -0.25) is 4.79 Å². The number of hydrogen-bond donors (Lipinski definition) is 2. The van der Waals surface area contributed by atoms with E-state index >= 15 is 0 Å². The number of rotatable bonds is 3. The molecule has 2 aliphatic rings. The van der Waals surface area contributed by atoms with Gasteiger partial charge in [-0.2, -0.15) is 0 Å². The van der Waals surface area contributed by atoms with Crippen molar-refractivity contribution < 1.29 is 9.59 Å². The van der Waals surface area contributed by atoms with Crippen LogP contribution in [-0.4, -0.2) is 62.0 Å². The van der Waals surface area contributed by atoms with Gasteiger partial charge in [0.05, 0.1) is 0 Å². The number of nitrogens with one attached hydrogen (secondary N) is 2. The number of likely N-dealkylation sites (tertiary alicyclic amines) is 1.